The third-order valence-corrected chi connectivity index (χ3v) is 2.77. The van der Waals surface area contributed by atoms with E-state index in [1.165, 1.54) is 6.08 Å². The summed E-state index contributed by atoms with van der Waals surface area (Å²) < 4.78 is 0. The zero-order valence-electron chi connectivity index (χ0n) is 8.78. The van der Waals surface area contributed by atoms with E-state index in [-0.39, 0.29) is 5.57 Å². The summed E-state index contributed by atoms with van der Waals surface area (Å²) in [4.78, 5) is 25.7. The number of fused-ring (bicyclic) bond motifs is 1. The summed E-state index contributed by atoms with van der Waals surface area (Å²) in [5.74, 6) is -0.837. The van der Waals surface area contributed by atoms with Crippen molar-refractivity contribution in [3.8, 4) is 0 Å². The van der Waals surface area contributed by atoms with Crippen molar-refractivity contribution < 1.29 is 9.59 Å². The molecule has 0 spiro atoms. The van der Waals surface area contributed by atoms with Gasteiger partial charge in [-0.05, 0) is 6.07 Å². The summed E-state index contributed by atoms with van der Waals surface area (Å²) in [5.41, 5.74) is 8.06. The molecule has 2 amide bonds. The van der Waals surface area contributed by atoms with Gasteiger partial charge in [0.05, 0.1) is 17.0 Å². The Morgan fingerprint density at radius 2 is 1.88 bits per heavy atom. The third kappa shape index (κ3) is 1.32. The quantitative estimate of drug-likeness (QED) is 0.629. The topological polar surface area (TPSA) is 88.0 Å². The first kappa shape index (κ1) is 9.65. The highest BCUT2D eigenvalue weighted by molar-refractivity contribution is 6.34. The van der Waals surface area contributed by atoms with Crippen LogP contribution in [0.25, 0.3) is 16.5 Å². The van der Waals surface area contributed by atoms with E-state index in [1.54, 1.807) is 0 Å². The number of aromatic amines is 1. The van der Waals surface area contributed by atoms with Crippen LogP contribution in [0.15, 0.2) is 30.3 Å². The van der Waals surface area contributed by atoms with E-state index in [1.807, 2.05) is 24.3 Å². The minimum absolute atomic E-state index is 0.281. The Hall–Kier alpha value is -2.56. The van der Waals surface area contributed by atoms with Crippen LogP contribution in [0.4, 0.5) is 5.69 Å². The summed E-state index contributed by atoms with van der Waals surface area (Å²) in [6.07, 6.45) is 1.25. The number of benzene rings is 1. The van der Waals surface area contributed by atoms with E-state index in [2.05, 4.69) is 10.3 Å². The number of para-hydroxylation sites is 1. The number of rotatable bonds is 1. The maximum atomic E-state index is 11.5. The van der Waals surface area contributed by atoms with Crippen molar-refractivity contribution >= 4 is 34.0 Å². The van der Waals surface area contributed by atoms with Gasteiger partial charge < -0.3 is 10.7 Å². The second-order valence-electron chi connectivity index (χ2n) is 3.84. The number of carbonyl (C=O) groups is 2. The zero-order chi connectivity index (χ0) is 12.0. The summed E-state index contributed by atoms with van der Waals surface area (Å²) in [6, 6.07) is 7.46. The Balaban J connectivity index is 2.25. The summed E-state index contributed by atoms with van der Waals surface area (Å²) >= 11 is 0. The van der Waals surface area contributed by atoms with Crippen LogP contribution in [0.1, 0.15) is 5.69 Å². The molecular weight excluding hydrogens is 218 g/mol. The van der Waals surface area contributed by atoms with Crippen LogP contribution >= 0.6 is 0 Å². The van der Waals surface area contributed by atoms with Gasteiger partial charge >= 0.3 is 0 Å². The molecule has 17 heavy (non-hydrogen) atoms. The Labute approximate surface area is 96.3 Å². The minimum Gasteiger partial charge on any atom is -0.396 e. The van der Waals surface area contributed by atoms with E-state index >= 15 is 0 Å². The molecule has 0 fully saturated rings. The monoisotopic (exact) mass is 227 g/mol. The number of nitrogens with two attached hydrogens (primary N) is 1. The number of carbonyl (C=O) groups excluding carboxylic acids is 2. The fraction of sp³-hybridized carbons (Fsp3) is 0. The maximum absolute atomic E-state index is 11.5. The van der Waals surface area contributed by atoms with Crippen molar-refractivity contribution in [2.75, 3.05) is 5.73 Å². The fourth-order valence-corrected chi connectivity index (χ4v) is 1.97. The van der Waals surface area contributed by atoms with Gasteiger partial charge in [-0.25, -0.2) is 0 Å². The standard InChI is InChI=1S/C12H9N3O2/c13-10-6-3-1-2-4-8(6)14-11(10)7-5-9(16)15-12(7)17/h1-5,14H,13H2,(H,15,16,17). The molecule has 3 rings (SSSR count). The highest BCUT2D eigenvalue weighted by Crippen LogP contribution is 2.30. The number of hydrogen-bond acceptors (Lipinski definition) is 3. The van der Waals surface area contributed by atoms with Gasteiger partial charge in [0, 0.05) is 17.0 Å². The van der Waals surface area contributed by atoms with E-state index in [0.29, 0.717) is 11.4 Å². The average molecular weight is 227 g/mol. The van der Waals surface area contributed by atoms with Gasteiger partial charge in [-0.15, -0.1) is 0 Å². The average Bonchev–Trinajstić information content (AvgIpc) is 2.80. The molecule has 0 saturated heterocycles. The van der Waals surface area contributed by atoms with Crippen molar-refractivity contribution in [2.45, 2.75) is 0 Å². The van der Waals surface area contributed by atoms with Gasteiger partial charge in [0.15, 0.2) is 0 Å². The molecule has 84 valence electrons. The van der Waals surface area contributed by atoms with Gasteiger partial charge in [0.25, 0.3) is 11.8 Å². The lowest BCUT2D eigenvalue weighted by Gasteiger charge is -1.97. The van der Waals surface area contributed by atoms with Gasteiger partial charge in [-0.3, -0.25) is 14.9 Å². The van der Waals surface area contributed by atoms with Crippen LogP contribution in [0, 0.1) is 0 Å². The SMILES string of the molecule is Nc1c(C2=CC(=O)NC2=O)[nH]c2ccccc12. The number of hydrogen-bond donors (Lipinski definition) is 3. The molecular formula is C12H9N3O2. The highest BCUT2D eigenvalue weighted by atomic mass is 16.2. The predicted octanol–water partition coefficient (Wildman–Crippen LogP) is 0.790. The Bertz CT molecular complexity index is 682. The molecule has 0 radical (unpaired) electrons. The number of aromatic nitrogens is 1. The second kappa shape index (κ2) is 3.21. The van der Waals surface area contributed by atoms with Crippen molar-refractivity contribution in [3.63, 3.8) is 0 Å². The van der Waals surface area contributed by atoms with E-state index in [4.69, 9.17) is 5.73 Å². The maximum Gasteiger partial charge on any atom is 0.260 e. The van der Waals surface area contributed by atoms with Crippen molar-refractivity contribution in [1.29, 1.82) is 0 Å². The lowest BCUT2D eigenvalue weighted by Crippen LogP contribution is -2.22. The lowest BCUT2D eigenvalue weighted by atomic mass is 10.1. The molecule has 1 aromatic heterocycles. The molecule has 0 aliphatic carbocycles. The Kier molecular flexibility index (Phi) is 1.82. The van der Waals surface area contributed by atoms with Crippen LogP contribution in [0.3, 0.4) is 0 Å². The largest absolute Gasteiger partial charge is 0.396 e. The van der Waals surface area contributed by atoms with Crippen LogP contribution in [0.2, 0.25) is 0 Å². The van der Waals surface area contributed by atoms with Gasteiger partial charge in [0.2, 0.25) is 0 Å². The fourth-order valence-electron chi connectivity index (χ4n) is 1.97. The first-order valence-corrected chi connectivity index (χ1v) is 5.10. The molecule has 0 unspecified atom stereocenters. The third-order valence-electron chi connectivity index (χ3n) is 2.77. The lowest BCUT2D eigenvalue weighted by molar-refractivity contribution is -0.123. The zero-order valence-corrected chi connectivity index (χ0v) is 8.78. The van der Waals surface area contributed by atoms with Crippen LogP contribution in [-0.4, -0.2) is 16.8 Å². The van der Waals surface area contributed by atoms with E-state index in [9.17, 15) is 9.59 Å². The number of imide groups is 1. The van der Waals surface area contributed by atoms with Crippen molar-refractivity contribution in [3.05, 3.63) is 36.0 Å². The molecule has 2 heterocycles. The molecule has 2 aromatic rings. The Morgan fingerprint density at radius 3 is 2.53 bits per heavy atom. The normalized spacial score (nSPS) is 15.2. The van der Waals surface area contributed by atoms with E-state index < -0.39 is 11.8 Å². The molecule has 1 aliphatic rings. The summed E-state index contributed by atoms with van der Waals surface area (Å²) in [5, 5.41) is 3.03. The number of amides is 2. The number of nitrogen functional groups attached to an aromatic ring is 1. The van der Waals surface area contributed by atoms with Crippen molar-refractivity contribution in [2.24, 2.45) is 0 Å². The van der Waals surface area contributed by atoms with Gasteiger partial charge in [-0.2, -0.15) is 0 Å². The molecule has 0 bridgehead atoms. The van der Waals surface area contributed by atoms with Crippen molar-refractivity contribution in [1.82, 2.24) is 10.3 Å². The number of H-pyrrole nitrogens is 1. The molecule has 0 saturated carbocycles. The first-order valence-electron chi connectivity index (χ1n) is 5.10. The summed E-state index contributed by atoms with van der Waals surface area (Å²) in [6.45, 7) is 0. The van der Waals surface area contributed by atoms with Crippen LogP contribution < -0.4 is 11.1 Å². The molecule has 5 nitrogen and oxygen atoms in total. The number of anilines is 1. The van der Waals surface area contributed by atoms with Crippen LogP contribution in [0.5, 0.6) is 0 Å². The predicted molar refractivity (Wildman–Crippen MR) is 63.8 cm³/mol. The minimum atomic E-state index is -0.423. The molecule has 1 aromatic carbocycles. The molecule has 5 heteroatoms. The van der Waals surface area contributed by atoms with Crippen LogP contribution in [-0.2, 0) is 9.59 Å². The Morgan fingerprint density at radius 1 is 1.12 bits per heavy atom. The molecule has 4 N–H and O–H groups in total. The van der Waals surface area contributed by atoms with Gasteiger partial charge in [-0.1, -0.05) is 18.2 Å². The summed E-state index contributed by atoms with van der Waals surface area (Å²) in [7, 11) is 0. The highest BCUT2D eigenvalue weighted by Gasteiger charge is 2.25. The smallest absolute Gasteiger partial charge is 0.260 e. The van der Waals surface area contributed by atoms with E-state index in [0.717, 1.165) is 10.9 Å². The number of nitrogens with one attached hydrogen (secondary N) is 2. The molecule has 0 atom stereocenters. The van der Waals surface area contributed by atoms with Gasteiger partial charge in [0.1, 0.15) is 0 Å². The second-order valence-corrected chi connectivity index (χ2v) is 3.84. The molecule has 1 aliphatic heterocycles. The first-order chi connectivity index (χ1) is 8.16.